The van der Waals surface area contributed by atoms with Gasteiger partial charge in [0.2, 0.25) is 0 Å². The number of carbonyl (C=O) groups excluding carboxylic acids is 1. The molecule has 0 radical (unpaired) electrons. The first kappa shape index (κ1) is 19.0. The van der Waals surface area contributed by atoms with Crippen molar-refractivity contribution in [2.24, 2.45) is 0 Å². The lowest BCUT2D eigenvalue weighted by molar-refractivity contribution is 0.143. The number of hydrogen-bond donors (Lipinski definition) is 1. The van der Waals surface area contributed by atoms with E-state index >= 15 is 0 Å². The molecule has 2 amide bonds. The fourth-order valence-electron chi connectivity index (χ4n) is 3.22. The minimum atomic E-state index is -0.0926. The predicted octanol–water partition coefficient (Wildman–Crippen LogP) is 4.96. The number of piperazine rings is 1. The second-order valence-corrected chi connectivity index (χ2v) is 7.60. The van der Waals surface area contributed by atoms with Crippen LogP contribution in [0.3, 0.4) is 0 Å². The van der Waals surface area contributed by atoms with Crippen molar-refractivity contribution in [1.82, 2.24) is 9.80 Å². The van der Waals surface area contributed by atoms with Crippen LogP contribution >= 0.6 is 23.2 Å². The summed E-state index contributed by atoms with van der Waals surface area (Å²) in [5.74, 6) is 0. The molecule has 3 rings (SSSR count). The lowest BCUT2D eigenvalue weighted by Gasteiger charge is -2.34. The Labute approximate surface area is 164 Å². The Bertz CT molecular complexity index is 761. The van der Waals surface area contributed by atoms with E-state index in [0.29, 0.717) is 23.8 Å². The first-order valence-electron chi connectivity index (χ1n) is 8.72. The molecule has 2 aromatic carbocycles. The molecule has 1 heterocycles. The number of nitrogens with zero attached hydrogens (tertiary/aromatic N) is 2. The summed E-state index contributed by atoms with van der Waals surface area (Å²) in [5, 5.41) is 4.30. The number of amides is 2. The molecule has 0 atom stereocenters. The van der Waals surface area contributed by atoms with E-state index in [1.165, 1.54) is 5.56 Å². The molecule has 1 aliphatic rings. The summed E-state index contributed by atoms with van der Waals surface area (Å²) in [7, 11) is 0. The Morgan fingerprint density at radius 3 is 2.31 bits per heavy atom. The molecule has 0 unspecified atom stereocenters. The van der Waals surface area contributed by atoms with Crippen LogP contribution in [-0.2, 0) is 6.54 Å². The fraction of sp³-hybridized carbons (Fsp3) is 0.350. The monoisotopic (exact) mass is 391 g/mol. The van der Waals surface area contributed by atoms with Crippen LogP contribution in [-0.4, -0.2) is 42.0 Å². The highest BCUT2D eigenvalue weighted by atomic mass is 35.5. The van der Waals surface area contributed by atoms with Gasteiger partial charge >= 0.3 is 6.03 Å². The van der Waals surface area contributed by atoms with Gasteiger partial charge in [-0.25, -0.2) is 4.79 Å². The van der Waals surface area contributed by atoms with Crippen molar-refractivity contribution in [1.29, 1.82) is 0 Å². The summed E-state index contributed by atoms with van der Waals surface area (Å²) in [4.78, 5) is 16.8. The van der Waals surface area contributed by atoms with Gasteiger partial charge in [0, 0.05) is 37.7 Å². The molecule has 1 fully saturated rings. The number of hydrogen-bond acceptors (Lipinski definition) is 2. The van der Waals surface area contributed by atoms with Crippen molar-refractivity contribution in [2.45, 2.75) is 20.4 Å². The van der Waals surface area contributed by atoms with Crippen LogP contribution in [0.5, 0.6) is 0 Å². The molecule has 4 nitrogen and oxygen atoms in total. The van der Waals surface area contributed by atoms with Gasteiger partial charge in [0.25, 0.3) is 0 Å². The number of urea groups is 1. The van der Waals surface area contributed by atoms with Crippen molar-refractivity contribution in [3.05, 3.63) is 63.1 Å². The van der Waals surface area contributed by atoms with E-state index in [-0.39, 0.29) is 6.03 Å². The van der Waals surface area contributed by atoms with E-state index in [4.69, 9.17) is 23.2 Å². The van der Waals surface area contributed by atoms with Gasteiger partial charge in [-0.1, -0.05) is 41.4 Å². The zero-order valence-corrected chi connectivity index (χ0v) is 16.6. The standard InChI is InChI=1S/C20H23Cl2N3O/c1-14-11-15(2)19(18(22)12-14)23-20(26)25-9-7-24(8-10-25)13-16-3-5-17(21)6-4-16/h3-6,11-12H,7-10,13H2,1-2H3,(H,23,26). The third-order valence-electron chi connectivity index (χ3n) is 4.64. The van der Waals surface area contributed by atoms with Crippen molar-refractivity contribution in [3.63, 3.8) is 0 Å². The highest BCUT2D eigenvalue weighted by Crippen LogP contribution is 2.27. The van der Waals surface area contributed by atoms with Crippen LogP contribution in [0.4, 0.5) is 10.5 Å². The highest BCUT2D eigenvalue weighted by Gasteiger charge is 2.22. The predicted molar refractivity (Wildman–Crippen MR) is 108 cm³/mol. The third-order valence-corrected chi connectivity index (χ3v) is 5.19. The molecule has 1 N–H and O–H groups in total. The van der Waals surface area contributed by atoms with E-state index in [1.807, 2.05) is 55.1 Å². The largest absolute Gasteiger partial charge is 0.322 e. The molecule has 0 saturated carbocycles. The van der Waals surface area contributed by atoms with Gasteiger partial charge in [-0.3, -0.25) is 4.90 Å². The Morgan fingerprint density at radius 1 is 1.04 bits per heavy atom. The van der Waals surface area contributed by atoms with Gasteiger partial charge in [-0.15, -0.1) is 0 Å². The van der Waals surface area contributed by atoms with Crippen LogP contribution < -0.4 is 5.32 Å². The van der Waals surface area contributed by atoms with Gasteiger partial charge in [0.1, 0.15) is 0 Å². The zero-order chi connectivity index (χ0) is 18.7. The summed E-state index contributed by atoms with van der Waals surface area (Å²) in [6.07, 6.45) is 0. The van der Waals surface area contributed by atoms with Crippen LogP contribution in [0, 0.1) is 13.8 Å². The molecule has 1 saturated heterocycles. The topological polar surface area (TPSA) is 35.6 Å². The first-order valence-corrected chi connectivity index (χ1v) is 9.47. The molecule has 26 heavy (non-hydrogen) atoms. The van der Waals surface area contributed by atoms with Crippen LogP contribution in [0.1, 0.15) is 16.7 Å². The molecular weight excluding hydrogens is 369 g/mol. The Balaban J connectivity index is 1.54. The molecule has 1 aliphatic heterocycles. The average molecular weight is 392 g/mol. The molecule has 138 valence electrons. The maximum absolute atomic E-state index is 12.6. The van der Waals surface area contributed by atoms with E-state index in [0.717, 1.165) is 35.8 Å². The van der Waals surface area contributed by atoms with Gasteiger partial charge in [0.15, 0.2) is 0 Å². The summed E-state index contributed by atoms with van der Waals surface area (Å²) in [6.45, 7) is 7.90. The van der Waals surface area contributed by atoms with E-state index < -0.39 is 0 Å². The van der Waals surface area contributed by atoms with E-state index in [1.54, 1.807) is 0 Å². The lowest BCUT2D eigenvalue weighted by atomic mass is 10.1. The summed E-state index contributed by atoms with van der Waals surface area (Å²) in [6, 6.07) is 11.7. The van der Waals surface area contributed by atoms with Crippen molar-refractivity contribution in [2.75, 3.05) is 31.5 Å². The van der Waals surface area contributed by atoms with E-state index in [9.17, 15) is 4.79 Å². The summed E-state index contributed by atoms with van der Waals surface area (Å²) < 4.78 is 0. The van der Waals surface area contributed by atoms with Gasteiger partial charge in [0.05, 0.1) is 10.7 Å². The Kier molecular flexibility index (Phi) is 6.07. The molecule has 0 aromatic heterocycles. The molecule has 0 aliphatic carbocycles. The Hall–Kier alpha value is -1.75. The van der Waals surface area contributed by atoms with Crippen LogP contribution in [0.2, 0.25) is 10.0 Å². The lowest BCUT2D eigenvalue weighted by Crippen LogP contribution is -2.49. The Morgan fingerprint density at radius 2 is 1.69 bits per heavy atom. The van der Waals surface area contributed by atoms with Crippen LogP contribution in [0.25, 0.3) is 0 Å². The maximum Gasteiger partial charge on any atom is 0.321 e. The third kappa shape index (κ3) is 4.70. The average Bonchev–Trinajstić information content (AvgIpc) is 2.60. The SMILES string of the molecule is Cc1cc(C)c(NC(=O)N2CCN(Cc3ccc(Cl)cc3)CC2)c(Cl)c1. The number of halogens is 2. The number of carbonyl (C=O) groups is 1. The van der Waals surface area contributed by atoms with Crippen molar-refractivity contribution in [3.8, 4) is 0 Å². The number of benzene rings is 2. The molecule has 2 aromatic rings. The summed E-state index contributed by atoms with van der Waals surface area (Å²) >= 11 is 12.2. The summed E-state index contributed by atoms with van der Waals surface area (Å²) in [5.41, 5.74) is 3.99. The highest BCUT2D eigenvalue weighted by molar-refractivity contribution is 6.34. The molecular formula is C20H23Cl2N3O. The minimum Gasteiger partial charge on any atom is -0.322 e. The number of anilines is 1. The first-order chi connectivity index (χ1) is 12.4. The van der Waals surface area contributed by atoms with E-state index in [2.05, 4.69) is 10.2 Å². The maximum atomic E-state index is 12.6. The minimum absolute atomic E-state index is 0.0926. The van der Waals surface area contributed by atoms with Crippen molar-refractivity contribution < 1.29 is 4.79 Å². The number of nitrogens with one attached hydrogen (secondary N) is 1. The molecule has 0 bridgehead atoms. The quantitative estimate of drug-likeness (QED) is 0.802. The van der Waals surface area contributed by atoms with Crippen molar-refractivity contribution >= 4 is 34.9 Å². The number of rotatable bonds is 3. The fourth-order valence-corrected chi connectivity index (χ4v) is 3.71. The normalized spacial score (nSPS) is 15.2. The second kappa shape index (κ2) is 8.30. The van der Waals surface area contributed by atoms with Gasteiger partial charge in [-0.2, -0.15) is 0 Å². The zero-order valence-electron chi connectivity index (χ0n) is 15.1. The molecule has 6 heteroatoms. The van der Waals surface area contributed by atoms with Gasteiger partial charge < -0.3 is 10.2 Å². The smallest absolute Gasteiger partial charge is 0.321 e. The second-order valence-electron chi connectivity index (χ2n) is 6.76. The molecule has 0 spiro atoms. The van der Waals surface area contributed by atoms with Crippen LogP contribution in [0.15, 0.2) is 36.4 Å². The number of aryl methyl sites for hydroxylation is 2. The van der Waals surface area contributed by atoms with Gasteiger partial charge in [-0.05, 0) is 48.7 Å².